The second-order valence-corrected chi connectivity index (χ2v) is 5.47. The highest BCUT2D eigenvalue weighted by atomic mass is 16.5. The molecule has 1 saturated heterocycles. The van der Waals surface area contributed by atoms with Crippen LogP contribution in [0.3, 0.4) is 0 Å². The van der Waals surface area contributed by atoms with E-state index in [1.165, 1.54) is 38.5 Å². The van der Waals surface area contributed by atoms with Gasteiger partial charge in [0.1, 0.15) is 0 Å². The molecule has 2 aliphatic rings. The normalized spacial score (nSPS) is 36.1. The van der Waals surface area contributed by atoms with Crippen molar-refractivity contribution in [1.29, 1.82) is 0 Å². The number of hydrogen-bond acceptors (Lipinski definition) is 1. The van der Waals surface area contributed by atoms with E-state index in [4.69, 9.17) is 4.74 Å². The molecule has 0 aromatic rings. The van der Waals surface area contributed by atoms with Crippen molar-refractivity contribution in [3.8, 4) is 0 Å². The minimum absolute atomic E-state index is 0.0963. The standard InChI is InChI=1S/C13H22O/c1-3-7-12(2)10-13(11-14-12)8-5-4-6-9-13/h3H,1,4-11H2,2H3. The van der Waals surface area contributed by atoms with E-state index in [9.17, 15) is 0 Å². The fourth-order valence-corrected chi connectivity index (χ4v) is 3.28. The van der Waals surface area contributed by atoms with Gasteiger partial charge in [-0.1, -0.05) is 25.3 Å². The first-order valence-corrected chi connectivity index (χ1v) is 5.93. The molecule has 0 aromatic carbocycles. The lowest BCUT2D eigenvalue weighted by molar-refractivity contribution is 0.0167. The third kappa shape index (κ3) is 1.88. The van der Waals surface area contributed by atoms with E-state index in [1.54, 1.807) is 0 Å². The van der Waals surface area contributed by atoms with Crippen molar-refractivity contribution in [2.24, 2.45) is 5.41 Å². The molecule has 80 valence electrons. The summed E-state index contributed by atoms with van der Waals surface area (Å²) in [5, 5.41) is 0. The predicted octanol–water partition coefficient (Wildman–Crippen LogP) is 3.69. The average Bonchev–Trinajstić information content (AvgIpc) is 2.46. The lowest BCUT2D eigenvalue weighted by Crippen LogP contribution is -2.27. The Morgan fingerprint density at radius 1 is 1.29 bits per heavy atom. The highest BCUT2D eigenvalue weighted by Crippen LogP contribution is 2.49. The molecule has 14 heavy (non-hydrogen) atoms. The van der Waals surface area contributed by atoms with Crippen LogP contribution in [0.1, 0.15) is 51.9 Å². The third-order valence-electron chi connectivity index (χ3n) is 3.97. The Kier molecular flexibility index (Phi) is 2.70. The molecule has 1 nitrogen and oxygen atoms in total. The van der Waals surface area contributed by atoms with E-state index >= 15 is 0 Å². The van der Waals surface area contributed by atoms with E-state index < -0.39 is 0 Å². The fourth-order valence-electron chi connectivity index (χ4n) is 3.28. The van der Waals surface area contributed by atoms with Gasteiger partial charge < -0.3 is 4.74 Å². The quantitative estimate of drug-likeness (QED) is 0.609. The molecule has 1 heterocycles. The first-order chi connectivity index (χ1) is 6.68. The molecule has 1 aliphatic carbocycles. The summed E-state index contributed by atoms with van der Waals surface area (Å²) in [7, 11) is 0. The molecule has 1 unspecified atom stereocenters. The van der Waals surface area contributed by atoms with Crippen LogP contribution in [0.2, 0.25) is 0 Å². The van der Waals surface area contributed by atoms with E-state index in [-0.39, 0.29) is 5.60 Å². The lowest BCUT2D eigenvalue weighted by Gasteiger charge is -2.33. The van der Waals surface area contributed by atoms with Crippen LogP contribution in [0.4, 0.5) is 0 Å². The predicted molar refractivity (Wildman–Crippen MR) is 59.3 cm³/mol. The van der Waals surface area contributed by atoms with Gasteiger partial charge in [-0.05, 0) is 38.0 Å². The van der Waals surface area contributed by atoms with Crippen LogP contribution in [0, 0.1) is 5.41 Å². The maximum absolute atomic E-state index is 6.00. The molecule has 0 amide bonds. The van der Waals surface area contributed by atoms with Gasteiger partial charge in [-0.2, -0.15) is 0 Å². The van der Waals surface area contributed by atoms with Crippen molar-refractivity contribution >= 4 is 0 Å². The second kappa shape index (κ2) is 3.69. The molecule has 1 spiro atoms. The minimum Gasteiger partial charge on any atom is -0.374 e. The minimum atomic E-state index is 0.0963. The first kappa shape index (κ1) is 10.2. The molecule has 1 saturated carbocycles. The van der Waals surface area contributed by atoms with Crippen molar-refractivity contribution < 1.29 is 4.74 Å². The molecular formula is C13H22O. The number of rotatable bonds is 2. The highest BCUT2D eigenvalue weighted by Gasteiger charge is 2.46. The van der Waals surface area contributed by atoms with Crippen molar-refractivity contribution in [3.63, 3.8) is 0 Å². The zero-order valence-corrected chi connectivity index (χ0v) is 9.35. The van der Waals surface area contributed by atoms with Crippen molar-refractivity contribution in [3.05, 3.63) is 12.7 Å². The summed E-state index contributed by atoms with van der Waals surface area (Å²) in [5.74, 6) is 0. The lowest BCUT2D eigenvalue weighted by atomic mass is 9.70. The van der Waals surface area contributed by atoms with Crippen molar-refractivity contribution in [2.75, 3.05) is 6.61 Å². The third-order valence-corrected chi connectivity index (χ3v) is 3.97. The second-order valence-electron chi connectivity index (χ2n) is 5.47. The smallest absolute Gasteiger partial charge is 0.0695 e. The Balaban J connectivity index is 2.01. The largest absolute Gasteiger partial charge is 0.374 e. The molecule has 1 heteroatoms. The molecular weight excluding hydrogens is 172 g/mol. The van der Waals surface area contributed by atoms with E-state index in [1.807, 2.05) is 6.08 Å². The Labute approximate surface area is 87.5 Å². The molecule has 1 atom stereocenters. The Bertz CT molecular complexity index is 215. The monoisotopic (exact) mass is 194 g/mol. The first-order valence-electron chi connectivity index (χ1n) is 5.93. The Morgan fingerprint density at radius 3 is 2.64 bits per heavy atom. The summed E-state index contributed by atoms with van der Waals surface area (Å²) in [6.45, 7) is 7.07. The fraction of sp³-hybridized carbons (Fsp3) is 0.846. The van der Waals surface area contributed by atoms with Gasteiger partial charge in [0.25, 0.3) is 0 Å². The molecule has 0 bridgehead atoms. The van der Waals surface area contributed by atoms with Crippen LogP contribution in [0.5, 0.6) is 0 Å². The Morgan fingerprint density at radius 2 is 2.00 bits per heavy atom. The topological polar surface area (TPSA) is 9.23 Å². The van der Waals surface area contributed by atoms with Crippen LogP contribution < -0.4 is 0 Å². The molecule has 1 aliphatic heterocycles. The van der Waals surface area contributed by atoms with Crippen molar-refractivity contribution in [1.82, 2.24) is 0 Å². The van der Waals surface area contributed by atoms with Gasteiger partial charge in [0, 0.05) is 0 Å². The van der Waals surface area contributed by atoms with Gasteiger partial charge in [-0.15, -0.1) is 6.58 Å². The van der Waals surface area contributed by atoms with E-state index in [0.29, 0.717) is 5.41 Å². The molecule has 2 fully saturated rings. The maximum Gasteiger partial charge on any atom is 0.0695 e. The summed E-state index contributed by atoms with van der Waals surface area (Å²) in [4.78, 5) is 0. The van der Waals surface area contributed by atoms with Crippen LogP contribution in [-0.2, 0) is 4.74 Å². The molecule has 0 aromatic heterocycles. The molecule has 0 N–H and O–H groups in total. The summed E-state index contributed by atoms with van der Waals surface area (Å²) >= 11 is 0. The van der Waals surface area contributed by atoms with Gasteiger partial charge in [-0.3, -0.25) is 0 Å². The summed E-state index contributed by atoms with van der Waals surface area (Å²) in [6, 6.07) is 0. The van der Waals surface area contributed by atoms with Crippen LogP contribution in [-0.4, -0.2) is 12.2 Å². The van der Waals surface area contributed by atoms with Gasteiger partial charge in [0.05, 0.1) is 12.2 Å². The summed E-state index contributed by atoms with van der Waals surface area (Å²) in [5.41, 5.74) is 0.634. The van der Waals surface area contributed by atoms with Crippen LogP contribution in [0.15, 0.2) is 12.7 Å². The molecule has 2 rings (SSSR count). The van der Waals surface area contributed by atoms with Gasteiger partial charge >= 0.3 is 0 Å². The van der Waals surface area contributed by atoms with Crippen LogP contribution in [0.25, 0.3) is 0 Å². The average molecular weight is 194 g/mol. The molecule has 0 radical (unpaired) electrons. The SMILES string of the molecule is C=CCC1(C)CC2(CCCCC2)CO1. The zero-order chi connectivity index (χ0) is 10.1. The van der Waals surface area contributed by atoms with E-state index in [0.717, 1.165) is 13.0 Å². The van der Waals surface area contributed by atoms with Gasteiger partial charge in [-0.25, -0.2) is 0 Å². The Hall–Kier alpha value is -0.300. The summed E-state index contributed by atoms with van der Waals surface area (Å²) in [6.07, 6.45) is 11.3. The van der Waals surface area contributed by atoms with Crippen LogP contribution >= 0.6 is 0 Å². The van der Waals surface area contributed by atoms with Crippen molar-refractivity contribution in [2.45, 2.75) is 57.5 Å². The van der Waals surface area contributed by atoms with Gasteiger partial charge in [0.15, 0.2) is 0 Å². The zero-order valence-electron chi connectivity index (χ0n) is 9.35. The van der Waals surface area contributed by atoms with E-state index in [2.05, 4.69) is 13.5 Å². The summed E-state index contributed by atoms with van der Waals surface area (Å²) < 4.78 is 6.00. The number of hydrogen-bond donors (Lipinski definition) is 0. The maximum atomic E-state index is 6.00. The number of ether oxygens (including phenoxy) is 1. The highest BCUT2D eigenvalue weighted by molar-refractivity contribution is 4.98. The van der Waals surface area contributed by atoms with Gasteiger partial charge in [0.2, 0.25) is 0 Å².